The summed E-state index contributed by atoms with van der Waals surface area (Å²) in [6.45, 7) is 7.13. The first-order chi connectivity index (χ1) is 27.5. The predicted octanol–water partition coefficient (Wildman–Crippen LogP) is 13.6. The van der Waals surface area contributed by atoms with Crippen LogP contribution in [0.3, 0.4) is 0 Å². The van der Waals surface area contributed by atoms with Crippen LogP contribution in [-0.2, 0) is 13.0 Å². The van der Waals surface area contributed by atoms with Crippen LogP contribution in [0.2, 0.25) is 0 Å². The molecule has 0 spiro atoms. The van der Waals surface area contributed by atoms with Crippen molar-refractivity contribution in [3.8, 4) is 16.8 Å². The molecule has 278 valence electrons. The third-order valence-corrected chi connectivity index (χ3v) is 10.4. The number of hydrogen-bond acceptors (Lipinski definition) is 2. The average molecular weight is 730 g/mol. The maximum absolute atomic E-state index is 6.71. The highest BCUT2D eigenvalue weighted by molar-refractivity contribution is 6.11. The van der Waals surface area contributed by atoms with E-state index in [9.17, 15) is 0 Å². The lowest BCUT2D eigenvalue weighted by molar-refractivity contribution is 0.796. The summed E-state index contributed by atoms with van der Waals surface area (Å²) in [6, 6.07) is 51.7. The van der Waals surface area contributed by atoms with Crippen LogP contribution >= 0.6 is 0 Å². The number of benzene rings is 6. The molecule has 2 N–H and O–H groups in total. The zero-order valence-corrected chi connectivity index (χ0v) is 32.8. The number of hydrogen-bond donors (Lipinski definition) is 1. The van der Waals surface area contributed by atoms with Crippen molar-refractivity contribution in [3.63, 3.8) is 0 Å². The highest BCUT2D eigenvalue weighted by Crippen LogP contribution is 2.39. The van der Waals surface area contributed by atoms with E-state index in [4.69, 9.17) is 10.7 Å². The van der Waals surface area contributed by atoms with Gasteiger partial charge >= 0.3 is 0 Å². The van der Waals surface area contributed by atoms with Crippen LogP contribution in [0, 0.1) is 6.92 Å². The summed E-state index contributed by atoms with van der Waals surface area (Å²) in [4.78, 5) is 5.25. The summed E-state index contributed by atoms with van der Waals surface area (Å²) in [6.07, 6.45) is 16.8. The van der Waals surface area contributed by atoms with E-state index in [1.165, 1.54) is 56.9 Å². The number of para-hydroxylation sites is 1. The van der Waals surface area contributed by atoms with Crippen LogP contribution in [0.15, 0.2) is 187 Å². The molecule has 3 heteroatoms. The van der Waals surface area contributed by atoms with Crippen molar-refractivity contribution < 1.29 is 0 Å². The van der Waals surface area contributed by atoms with Crippen LogP contribution in [0.25, 0.3) is 50.4 Å². The van der Waals surface area contributed by atoms with Crippen LogP contribution in [0.5, 0.6) is 0 Å². The number of aromatic nitrogens is 1. The minimum atomic E-state index is 0.525. The second-order valence-corrected chi connectivity index (χ2v) is 14.4. The molecule has 0 amide bonds. The van der Waals surface area contributed by atoms with Crippen LogP contribution in [0.1, 0.15) is 60.9 Å². The molecule has 7 aromatic rings. The van der Waals surface area contributed by atoms with E-state index in [0.717, 1.165) is 40.1 Å². The minimum Gasteiger partial charge on any atom is -0.398 e. The molecular weight excluding hydrogens is 679 g/mol. The van der Waals surface area contributed by atoms with Crippen molar-refractivity contribution in [1.82, 2.24) is 4.57 Å². The number of aryl methyl sites for hydroxylation is 2. The fourth-order valence-electron chi connectivity index (χ4n) is 7.63. The van der Waals surface area contributed by atoms with Crippen LogP contribution < -0.4 is 5.73 Å². The third kappa shape index (κ3) is 8.74. The molecule has 1 heterocycles. The van der Waals surface area contributed by atoms with Gasteiger partial charge in [-0.05, 0) is 95.5 Å². The Bertz CT molecular complexity index is 2580. The predicted molar refractivity (Wildman–Crippen MR) is 242 cm³/mol. The molecule has 0 atom stereocenters. The molecule has 0 aliphatic carbocycles. The summed E-state index contributed by atoms with van der Waals surface area (Å²) in [7, 11) is 0. The minimum absolute atomic E-state index is 0.525. The fraction of sp³-hybridized carbons (Fsp3) is 0.151. The Morgan fingerprint density at radius 1 is 0.750 bits per heavy atom. The van der Waals surface area contributed by atoms with Gasteiger partial charge in [-0.25, -0.2) is 0 Å². The molecule has 0 bridgehead atoms. The second kappa shape index (κ2) is 18.3. The molecule has 56 heavy (non-hydrogen) atoms. The molecule has 3 nitrogen and oxygen atoms in total. The lowest BCUT2D eigenvalue weighted by Gasteiger charge is -2.16. The largest absolute Gasteiger partial charge is 0.398 e. The molecule has 6 aromatic carbocycles. The van der Waals surface area contributed by atoms with Crippen molar-refractivity contribution in [2.45, 2.75) is 53.0 Å². The maximum atomic E-state index is 6.71. The number of nitrogens with zero attached hydrogens (tertiary/aromatic N) is 2. The van der Waals surface area contributed by atoms with Gasteiger partial charge in [-0.15, -0.1) is 0 Å². The first-order valence-corrected chi connectivity index (χ1v) is 19.8. The highest BCUT2D eigenvalue weighted by atomic mass is 15.0. The number of nitrogens with two attached hydrogens (primary N) is 1. The number of rotatable bonds is 14. The lowest BCUT2D eigenvalue weighted by Crippen LogP contribution is -2.04. The SMILES string of the molecule is C\C=C/C(=C\C=C\c1ccccc1)CC(/C=C(\N)c1ccccc1)=NCc1cccc(-n2c3ccccc3c3ccc(-c4ccccc4CCCC)c(C)c32)c1. The molecular formula is C53H51N3. The van der Waals surface area contributed by atoms with E-state index in [1.807, 2.05) is 42.5 Å². The molecule has 0 fully saturated rings. The quantitative estimate of drug-likeness (QED) is 0.0879. The van der Waals surface area contributed by atoms with Gasteiger partial charge < -0.3 is 10.3 Å². The van der Waals surface area contributed by atoms with Crippen molar-refractivity contribution in [3.05, 3.63) is 209 Å². The monoisotopic (exact) mass is 729 g/mol. The Hall–Kier alpha value is -6.45. The lowest BCUT2D eigenvalue weighted by atomic mass is 9.92. The summed E-state index contributed by atoms with van der Waals surface area (Å²) in [5.74, 6) is 0. The molecule has 0 saturated heterocycles. The molecule has 0 unspecified atom stereocenters. The Morgan fingerprint density at radius 3 is 2.30 bits per heavy atom. The van der Waals surface area contributed by atoms with Gasteiger partial charge in [-0.2, -0.15) is 0 Å². The van der Waals surface area contributed by atoms with Gasteiger partial charge in [0.25, 0.3) is 0 Å². The van der Waals surface area contributed by atoms with Gasteiger partial charge in [0.1, 0.15) is 0 Å². The van der Waals surface area contributed by atoms with E-state index in [-0.39, 0.29) is 0 Å². The van der Waals surface area contributed by atoms with E-state index >= 15 is 0 Å². The molecule has 0 radical (unpaired) electrons. The number of fused-ring (bicyclic) bond motifs is 3. The highest BCUT2D eigenvalue weighted by Gasteiger charge is 2.18. The zero-order chi connectivity index (χ0) is 38.7. The Kier molecular flexibility index (Phi) is 12.3. The summed E-state index contributed by atoms with van der Waals surface area (Å²) in [5.41, 5.74) is 21.7. The van der Waals surface area contributed by atoms with E-state index in [0.29, 0.717) is 18.7 Å². The summed E-state index contributed by atoms with van der Waals surface area (Å²) in [5, 5.41) is 2.53. The van der Waals surface area contributed by atoms with Gasteiger partial charge in [-0.1, -0.05) is 171 Å². The number of unbranched alkanes of at least 4 members (excludes halogenated alkanes) is 1. The van der Waals surface area contributed by atoms with Gasteiger partial charge in [0, 0.05) is 34.3 Å². The van der Waals surface area contributed by atoms with Crippen molar-refractivity contribution in [1.29, 1.82) is 0 Å². The Balaban J connectivity index is 1.28. The van der Waals surface area contributed by atoms with Gasteiger partial charge in [0.2, 0.25) is 0 Å². The smallest absolute Gasteiger partial charge is 0.0643 e. The molecule has 7 rings (SSSR count). The molecule has 0 saturated carbocycles. The first kappa shape index (κ1) is 37.8. The first-order valence-electron chi connectivity index (χ1n) is 19.8. The Labute approximate surface area is 332 Å². The molecule has 1 aromatic heterocycles. The van der Waals surface area contributed by atoms with Crippen molar-refractivity contribution >= 4 is 39.3 Å². The summed E-state index contributed by atoms with van der Waals surface area (Å²) < 4.78 is 2.45. The fourth-order valence-corrected chi connectivity index (χ4v) is 7.63. The molecule has 0 aliphatic heterocycles. The number of aliphatic imine (C=N–C) groups is 1. The normalized spacial score (nSPS) is 12.8. The third-order valence-electron chi connectivity index (χ3n) is 10.4. The second-order valence-electron chi connectivity index (χ2n) is 14.4. The average Bonchev–Trinajstić information content (AvgIpc) is 3.58. The van der Waals surface area contributed by atoms with Crippen LogP contribution in [-0.4, -0.2) is 10.3 Å². The standard InChI is InChI=1S/C53H51N3/c1-4-6-25-43-26-13-14-30-48(43)47-33-34-50-49-31-15-16-32-52(49)56(53(50)39(47)3)46-29-18-24-42(36-46)38-55-45(37-51(54)44-27-11-8-12-28-44)35-41(19-5-2)23-17-22-40-20-9-7-10-21-40/h5,7-24,26-34,36-37H,4,6,25,35,38,54H2,1-3H3/b19-5-,22-17+,41-23+,51-37-,55-45?. The van der Waals surface area contributed by atoms with Crippen molar-refractivity contribution in [2.75, 3.05) is 0 Å². The Morgan fingerprint density at radius 2 is 1.50 bits per heavy atom. The van der Waals surface area contributed by atoms with E-state index in [2.05, 4.69) is 165 Å². The van der Waals surface area contributed by atoms with Gasteiger partial charge in [0.15, 0.2) is 0 Å². The van der Waals surface area contributed by atoms with Crippen LogP contribution in [0.4, 0.5) is 0 Å². The van der Waals surface area contributed by atoms with E-state index in [1.54, 1.807) is 0 Å². The van der Waals surface area contributed by atoms with Gasteiger partial charge in [-0.3, -0.25) is 4.99 Å². The maximum Gasteiger partial charge on any atom is 0.0643 e. The topological polar surface area (TPSA) is 43.3 Å². The van der Waals surface area contributed by atoms with Crippen molar-refractivity contribution in [2.24, 2.45) is 10.7 Å². The zero-order valence-electron chi connectivity index (χ0n) is 32.8. The van der Waals surface area contributed by atoms with Gasteiger partial charge in [0.05, 0.1) is 17.6 Å². The summed E-state index contributed by atoms with van der Waals surface area (Å²) >= 11 is 0. The number of allylic oxidation sites excluding steroid dienone is 6. The molecule has 0 aliphatic rings. The van der Waals surface area contributed by atoms with E-state index < -0.39 is 0 Å².